The second-order valence-electron chi connectivity index (χ2n) is 6.67. The van der Waals surface area contributed by atoms with Gasteiger partial charge in [-0.05, 0) is 36.6 Å². The summed E-state index contributed by atoms with van der Waals surface area (Å²) in [5.74, 6) is 0.184. The van der Waals surface area contributed by atoms with Gasteiger partial charge in [0.05, 0.1) is 6.54 Å². The molecule has 0 bridgehead atoms. The van der Waals surface area contributed by atoms with E-state index in [0.717, 1.165) is 31.7 Å². The van der Waals surface area contributed by atoms with Crippen molar-refractivity contribution >= 4 is 17.3 Å². The lowest BCUT2D eigenvalue weighted by atomic mass is 10.1. The first kappa shape index (κ1) is 15.2. The van der Waals surface area contributed by atoms with Gasteiger partial charge in [-0.3, -0.25) is 4.79 Å². The second kappa shape index (κ2) is 6.29. The van der Waals surface area contributed by atoms with Crippen LogP contribution in [-0.2, 0) is 17.8 Å². The number of nitrogens with one attached hydrogen (secondary N) is 1. The third-order valence-corrected chi connectivity index (χ3v) is 5.01. The number of hydrogen-bond acceptors (Lipinski definition) is 3. The van der Waals surface area contributed by atoms with E-state index in [4.69, 9.17) is 0 Å². The molecular weight excluding hydrogens is 298 g/mol. The molecule has 4 rings (SSSR count). The summed E-state index contributed by atoms with van der Waals surface area (Å²) in [4.78, 5) is 17.3. The average Bonchev–Trinajstić information content (AvgIpc) is 2.80. The Morgan fingerprint density at radius 1 is 1.08 bits per heavy atom. The zero-order chi connectivity index (χ0) is 16.5. The fraction of sp³-hybridized carbons (Fsp3) is 0.350. The minimum atomic E-state index is 0.184. The SMILES string of the molecule is CC1Cc2ccccc2N1C(=O)CN1CCNCc2ccccc21. The van der Waals surface area contributed by atoms with Crippen LogP contribution < -0.4 is 15.1 Å². The van der Waals surface area contributed by atoms with Crippen molar-refractivity contribution in [2.24, 2.45) is 0 Å². The summed E-state index contributed by atoms with van der Waals surface area (Å²) in [7, 11) is 0. The van der Waals surface area contributed by atoms with Crippen molar-refractivity contribution in [1.82, 2.24) is 5.32 Å². The van der Waals surface area contributed by atoms with E-state index < -0.39 is 0 Å². The van der Waals surface area contributed by atoms with Crippen LogP contribution in [0.3, 0.4) is 0 Å². The van der Waals surface area contributed by atoms with Gasteiger partial charge in [-0.25, -0.2) is 0 Å². The van der Waals surface area contributed by atoms with E-state index in [1.54, 1.807) is 0 Å². The molecule has 2 heterocycles. The van der Waals surface area contributed by atoms with E-state index in [1.165, 1.54) is 16.8 Å². The Kier molecular flexibility index (Phi) is 3.98. The maximum atomic E-state index is 13.1. The van der Waals surface area contributed by atoms with Crippen LogP contribution in [0.1, 0.15) is 18.1 Å². The standard InChI is InChI=1S/C20H23N3O/c1-15-12-16-6-2-5-9-19(16)23(15)20(24)14-22-11-10-21-13-17-7-3-4-8-18(17)22/h2-9,15,21H,10-14H2,1H3. The second-order valence-corrected chi connectivity index (χ2v) is 6.67. The fourth-order valence-electron chi connectivity index (χ4n) is 3.88. The minimum Gasteiger partial charge on any atom is -0.361 e. The molecule has 0 fully saturated rings. The summed E-state index contributed by atoms with van der Waals surface area (Å²) in [6.45, 7) is 5.18. The van der Waals surface area contributed by atoms with Gasteiger partial charge in [0, 0.05) is 37.1 Å². The van der Waals surface area contributed by atoms with Crippen LogP contribution in [0.5, 0.6) is 0 Å². The van der Waals surface area contributed by atoms with Gasteiger partial charge in [-0.15, -0.1) is 0 Å². The lowest BCUT2D eigenvalue weighted by Gasteiger charge is -2.29. The van der Waals surface area contributed by atoms with Gasteiger partial charge in [0.25, 0.3) is 0 Å². The molecule has 124 valence electrons. The number of anilines is 2. The molecule has 2 aromatic rings. The molecule has 2 aromatic carbocycles. The molecule has 4 nitrogen and oxygen atoms in total. The summed E-state index contributed by atoms with van der Waals surface area (Å²) in [5, 5.41) is 3.43. The number of nitrogens with zero attached hydrogens (tertiary/aromatic N) is 2. The van der Waals surface area contributed by atoms with Crippen molar-refractivity contribution in [2.75, 3.05) is 29.4 Å². The Hall–Kier alpha value is -2.33. The molecule has 0 radical (unpaired) electrons. The Labute approximate surface area is 143 Å². The highest BCUT2D eigenvalue weighted by molar-refractivity contribution is 5.99. The van der Waals surface area contributed by atoms with Crippen LogP contribution >= 0.6 is 0 Å². The number of hydrogen-bond donors (Lipinski definition) is 1. The number of fused-ring (bicyclic) bond motifs is 2. The summed E-state index contributed by atoms with van der Waals surface area (Å²) in [6, 6.07) is 16.9. The van der Waals surface area contributed by atoms with E-state index in [1.807, 2.05) is 11.0 Å². The predicted molar refractivity (Wildman–Crippen MR) is 97.5 cm³/mol. The zero-order valence-electron chi connectivity index (χ0n) is 14.0. The van der Waals surface area contributed by atoms with Crippen molar-refractivity contribution in [1.29, 1.82) is 0 Å². The van der Waals surface area contributed by atoms with Crippen LogP contribution in [-0.4, -0.2) is 31.6 Å². The molecule has 1 N–H and O–H groups in total. The lowest BCUT2D eigenvalue weighted by Crippen LogP contribution is -2.44. The van der Waals surface area contributed by atoms with Gasteiger partial charge in [0.15, 0.2) is 0 Å². The number of carbonyl (C=O) groups is 1. The van der Waals surface area contributed by atoms with Gasteiger partial charge in [0.2, 0.25) is 5.91 Å². The number of benzene rings is 2. The maximum absolute atomic E-state index is 13.1. The summed E-state index contributed by atoms with van der Waals surface area (Å²) in [6.07, 6.45) is 0.944. The average molecular weight is 321 g/mol. The van der Waals surface area contributed by atoms with E-state index in [-0.39, 0.29) is 11.9 Å². The van der Waals surface area contributed by atoms with Gasteiger partial charge in [0.1, 0.15) is 0 Å². The smallest absolute Gasteiger partial charge is 0.246 e. The van der Waals surface area contributed by atoms with E-state index >= 15 is 0 Å². The minimum absolute atomic E-state index is 0.184. The first-order chi connectivity index (χ1) is 11.7. The quantitative estimate of drug-likeness (QED) is 0.923. The third-order valence-electron chi connectivity index (χ3n) is 5.01. The molecule has 0 aromatic heterocycles. The molecule has 0 saturated heterocycles. The Balaban J connectivity index is 1.59. The van der Waals surface area contributed by atoms with Crippen LogP contribution in [0.4, 0.5) is 11.4 Å². The highest BCUT2D eigenvalue weighted by Gasteiger charge is 2.31. The van der Waals surface area contributed by atoms with Gasteiger partial charge in [-0.1, -0.05) is 36.4 Å². The number of carbonyl (C=O) groups excluding carboxylic acids is 1. The molecule has 1 atom stereocenters. The van der Waals surface area contributed by atoms with Crippen LogP contribution in [0.25, 0.3) is 0 Å². The predicted octanol–water partition coefficient (Wildman–Crippen LogP) is 2.57. The van der Waals surface area contributed by atoms with Crippen molar-refractivity contribution in [3.05, 3.63) is 59.7 Å². The summed E-state index contributed by atoms with van der Waals surface area (Å²) in [5.41, 5.74) is 4.79. The highest BCUT2D eigenvalue weighted by atomic mass is 16.2. The molecule has 4 heteroatoms. The van der Waals surface area contributed by atoms with Crippen LogP contribution in [0.15, 0.2) is 48.5 Å². The molecule has 1 amide bonds. The number of amides is 1. The van der Waals surface area contributed by atoms with Gasteiger partial charge >= 0.3 is 0 Å². The van der Waals surface area contributed by atoms with E-state index in [2.05, 4.69) is 59.6 Å². The Morgan fingerprint density at radius 3 is 2.62 bits per heavy atom. The molecular formula is C20H23N3O. The van der Waals surface area contributed by atoms with Gasteiger partial charge in [-0.2, -0.15) is 0 Å². The highest BCUT2D eigenvalue weighted by Crippen LogP contribution is 2.32. The summed E-state index contributed by atoms with van der Waals surface area (Å²) < 4.78 is 0. The molecule has 2 aliphatic rings. The molecule has 0 spiro atoms. The van der Waals surface area contributed by atoms with Crippen molar-refractivity contribution in [3.63, 3.8) is 0 Å². The van der Waals surface area contributed by atoms with E-state index in [0.29, 0.717) is 6.54 Å². The third kappa shape index (κ3) is 2.67. The fourth-order valence-corrected chi connectivity index (χ4v) is 3.88. The number of para-hydroxylation sites is 2. The lowest BCUT2D eigenvalue weighted by molar-refractivity contribution is -0.117. The summed E-state index contributed by atoms with van der Waals surface area (Å²) >= 11 is 0. The first-order valence-electron chi connectivity index (χ1n) is 8.67. The van der Waals surface area contributed by atoms with Crippen LogP contribution in [0, 0.1) is 0 Å². The number of rotatable bonds is 2. The normalized spacial score (nSPS) is 19.6. The van der Waals surface area contributed by atoms with Crippen molar-refractivity contribution < 1.29 is 4.79 Å². The molecule has 24 heavy (non-hydrogen) atoms. The maximum Gasteiger partial charge on any atom is 0.246 e. The zero-order valence-corrected chi connectivity index (χ0v) is 14.0. The molecule has 2 aliphatic heterocycles. The largest absolute Gasteiger partial charge is 0.361 e. The topological polar surface area (TPSA) is 35.6 Å². The molecule has 0 aliphatic carbocycles. The monoisotopic (exact) mass is 321 g/mol. The van der Waals surface area contributed by atoms with Crippen LogP contribution in [0.2, 0.25) is 0 Å². The van der Waals surface area contributed by atoms with Gasteiger partial charge < -0.3 is 15.1 Å². The van der Waals surface area contributed by atoms with Crippen molar-refractivity contribution in [2.45, 2.75) is 25.9 Å². The Morgan fingerprint density at radius 2 is 1.79 bits per heavy atom. The van der Waals surface area contributed by atoms with Crippen molar-refractivity contribution in [3.8, 4) is 0 Å². The first-order valence-corrected chi connectivity index (χ1v) is 8.67. The Bertz CT molecular complexity index is 758. The molecule has 0 saturated carbocycles. The molecule has 1 unspecified atom stereocenters. The van der Waals surface area contributed by atoms with E-state index in [9.17, 15) is 4.79 Å².